The zero-order valence-corrected chi connectivity index (χ0v) is 15.6. The molecule has 25 heavy (non-hydrogen) atoms. The summed E-state index contributed by atoms with van der Waals surface area (Å²) < 4.78 is 8.66. The van der Waals surface area contributed by atoms with Crippen LogP contribution in [0.3, 0.4) is 0 Å². The van der Waals surface area contributed by atoms with Crippen LogP contribution in [0.1, 0.15) is 36.1 Å². The van der Waals surface area contributed by atoms with Crippen LogP contribution in [0.4, 0.5) is 5.69 Å². The summed E-state index contributed by atoms with van der Waals surface area (Å²) >= 11 is 0. The molecule has 8 nitrogen and oxygen atoms in total. The molecule has 1 atom stereocenters. The third kappa shape index (κ3) is 4.46. The Morgan fingerprint density at radius 1 is 1.24 bits per heavy atom. The largest absolute Gasteiger partial charge is 0.452 e. The molecule has 0 aliphatic heterocycles. The molecule has 1 unspecified atom stereocenters. The van der Waals surface area contributed by atoms with Crippen molar-refractivity contribution in [3.8, 4) is 0 Å². The Morgan fingerprint density at radius 2 is 1.92 bits per heavy atom. The number of amides is 1. The molecule has 2 heterocycles. The molecule has 1 N–H and O–H groups in total. The van der Waals surface area contributed by atoms with E-state index in [0.717, 1.165) is 22.8 Å². The Labute approximate surface area is 147 Å². The zero-order chi connectivity index (χ0) is 18.7. The van der Waals surface area contributed by atoms with Gasteiger partial charge in [0.2, 0.25) is 0 Å². The lowest BCUT2D eigenvalue weighted by atomic mass is 10.3. The number of rotatable bonds is 6. The molecular weight excluding hydrogens is 322 g/mol. The number of nitrogens with one attached hydrogen (secondary N) is 1. The Hall–Kier alpha value is -2.64. The van der Waals surface area contributed by atoms with E-state index >= 15 is 0 Å². The quantitative estimate of drug-likeness (QED) is 0.805. The summed E-state index contributed by atoms with van der Waals surface area (Å²) in [6, 6.07) is 1.94. The normalized spacial score (nSPS) is 12.1. The molecule has 0 saturated heterocycles. The average molecular weight is 347 g/mol. The number of aromatic nitrogens is 4. The molecule has 8 heteroatoms. The number of anilines is 1. The van der Waals surface area contributed by atoms with Gasteiger partial charge in [0.15, 0.2) is 6.10 Å². The number of carbonyl (C=O) groups is 2. The van der Waals surface area contributed by atoms with E-state index in [9.17, 15) is 9.59 Å². The van der Waals surface area contributed by atoms with Crippen LogP contribution >= 0.6 is 0 Å². The van der Waals surface area contributed by atoms with Crippen LogP contribution in [0.15, 0.2) is 6.07 Å². The minimum Gasteiger partial charge on any atom is -0.452 e. The Bertz CT molecular complexity index is 791. The number of carbonyl (C=O) groups excluding carboxylic acids is 2. The van der Waals surface area contributed by atoms with E-state index in [1.807, 2.05) is 33.8 Å². The van der Waals surface area contributed by atoms with Gasteiger partial charge in [-0.25, -0.2) is 0 Å². The summed E-state index contributed by atoms with van der Waals surface area (Å²) in [6.07, 6.45) is -0.725. The molecule has 0 aliphatic carbocycles. The molecule has 0 saturated carbocycles. The summed E-state index contributed by atoms with van der Waals surface area (Å²) in [7, 11) is 1.81. The smallest absolute Gasteiger partial charge is 0.308 e. The first kappa shape index (κ1) is 18.7. The number of aryl methyl sites for hydroxylation is 5. The fraction of sp³-hybridized carbons (Fsp3) is 0.529. The summed E-state index contributed by atoms with van der Waals surface area (Å²) in [5.74, 6) is -0.812. The van der Waals surface area contributed by atoms with Gasteiger partial charge < -0.3 is 10.1 Å². The van der Waals surface area contributed by atoms with Crippen molar-refractivity contribution in [2.45, 2.75) is 53.7 Å². The van der Waals surface area contributed by atoms with Crippen molar-refractivity contribution in [3.05, 3.63) is 28.8 Å². The van der Waals surface area contributed by atoms with Crippen molar-refractivity contribution in [2.24, 2.45) is 7.05 Å². The van der Waals surface area contributed by atoms with E-state index in [0.29, 0.717) is 12.2 Å². The second-order valence-corrected chi connectivity index (χ2v) is 6.19. The van der Waals surface area contributed by atoms with Crippen LogP contribution in [-0.2, 0) is 27.9 Å². The maximum absolute atomic E-state index is 12.3. The predicted molar refractivity (Wildman–Crippen MR) is 93.2 cm³/mol. The lowest BCUT2D eigenvalue weighted by Crippen LogP contribution is -2.30. The fourth-order valence-electron chi connectivity index (χ4n) is 2.59. The van der Waals surface area contributed by atoms with Crippen molar-refractivity contribution in [3.63, 3.8) is 0 Å². The maximum Gasteiger partial charge on any atom is 0.308 e. The Kier molecular flexibility index (Phi) is 5.61. The monoisotopic (exact) mass is 347 g/mol. The minimum absolute atomic E-state index is 0.157. The van der Waals surface area contributed by atoms with Gasteiger partial charge in [-0.2, -0.15) is 10.2 Å². The zero-order valence-electron chi connectivity index (χ0n) is 15.6. The van der Waals surface area contributed by atoms with Gasteiger partial charge in [-0.3, -0.25) is 19.0 Å². The number of nitrogens with zero attached hydrogens (tertiary/aromatic N) is 4. The van der Waals surface area contributed by atoms with E-state index in [-0.39, 0.29) is 12.3 Å². The molecule has 136 valence electrons. The molecule has 0 bridgehead atoms. The molecule has 2 aromatic rings. The van der Waals surface area contributed by atoms with Gasteiger partial charge in [-0.15, -0.1) is 0 Å². The molecule has 2 aromatic heterocycles. The first-order valence-corrected chi connectivity index (χ1v) is 8.20. The lowest BCUT2D eigenvalue weighted by molar-refractivity contribution is -0.153. The summed E-state index contributed by atoms with van der Waals surface area (Å²) in [5, 5.41) is 11.3. The summed E-state index contributed by atoms with van der Waals surface area (Å²) in [5.41, 5.74) is 4.10. The van der Waals surface area contributed by atoms with Crippen LogP contribution in [0, 0.1) is 27.7 Å². The van der Waals surface area contributed by atoms with Gasteiger partial charge >= 0.3 is 5.97 Å². The van der Waals surface area contributed by atoms with Crippen LogP contribution in [0.5, 0.6) is 0 Å². The highest BCUT2D eigenvalue weighted by atomic mass is 16.5. The highest BCUT2D eigenvalue weighted by molar-refractivity contribution is 5.96. The predicted octanol–water partition coefficient (Wildman–Crippen LogP) is 1.81. The molecule has 0 aromatic carbocycles. The van der Waals surface area contributed by atoms with Crippen molar-refractivity contribution in [2.75, 3.05) is 5.32 Å². The van der Waals surface area contributed by atoms with E-state index in [4.69, 9.17) is 4.74 Å². The Balaban J connectivity index is 1.87. The molecule has 0 spiro atoms. The molecule has 0 aliphatic rings. The topological polar surface area (TPSA) is 91.0 Å². The summed E-state index contributed by atoms with van der Waals surface area (Å²) in [6.45, 7) is 9.48. The summed E-state index contributed by atoms with van der Waals surface area (Å²) in [4.78, 5) is 24.2. The maximum atomic E-state index is 12.3. The first-order valence-electron chi connectivity index (χ1n) is 8.20. The SMILES string of the molecule is Cc1cc(C)n(CCC(=O)OC(C)C(=O)Nc2c(C)nn(C)c2C)n1. The third-order valence-electron chi connectivity index (χ3n) is 4.07. The lowest BCUT2D eigenvalue weighted by Gasteiger charge is -2.14. The molecule has 2 rings (SSSR count). The molecular formula is C17H25N5O3. The van der Waals surface area contributed by atoms with Crippen LogP contribution in [0.25, 0.3) is 0 Å². The Morgan fingerprint density at radius 3 is 2.44 bits per heavy atom. The number of ether oxygens (including phenoxy) is 1. The standard InChI is InChI=1S/C17H25N5O3/c1-10-9-11(2)22(19-10)8-7-15(23)25-14(5)17(24)18-16-12(3)20-21(6)13(16)4/h9,14H,7-8H2,1-6H3,(H,18,24). The van der Waals surface area contributed by atoms with Crippen molar-refractivity contribution in [1.29, 1.82) is 0 Å². The minimum atomic E-state index is -0.882. The van der Waals surface area contributed by atoms with Gasteiger partial charge in [0.05, 0.1) is 35.7 Å². The second kappa shape index (κ2) is 7.50. The molecule has 1 amide bonds. The third-order valence-corrected chi connectivity index (χ3v) is 4.07. The van der Waals surface area contributed by atoms with Gasteiger partial charge in [-0.1, -0.05) is 0 Å². The van der Waals surface area contributed by atoms with Crippen molar-refractivity contribution in [1.82, 2.24) is 19.6 Å². The van der Waals surface area contributed by atoms with Crippen molar-refractivity contribution >= 4 is 17.6 Å². The number of esters is 1. The van der Waals surface area contributed by atoms with Crippen LogP contribution in [-0.4, -0.2) is 37.5 Å². The highest BCUT2D eigenvalue weighted by Crippen LogP contribution is 2.18. The van der Waals surface area contributed by atoms with Gasteiger partial charge in [0.1, 0.15) is 0 Å². The van der Waals surface area contributed by atoms with Crippen LogP contribution < -0.4 is 5.32 Å². The van der Waals surface area contributed by atoms with Gasteiger partial charge in [0, 0.05) is 12.7 Å². The molecule has 0 radical (unpaired) electrons. The second-order valence-electron chi connectivity index (χ2n) is 6.19. The average Bonchev–Trinajstić information content (AvgIpc) is 2.97. The van der Waals surface area contributed by atoms with Gasteiger partial charge in [0.25, 0.3) is 5.91 Å². The fourth-order valence-corrected chi connectivity index (χ4v) is 2.59. The first-order chi connectivity index (χ1) is 11.7. The highest BCUT2D eigenvalue weighted by Gasteiger charge is 2.21. The van der Waals surface area contributed by atoms with Gasteiger partial charge in [-0.05, 0) is 40.7 Å². The van der Waals surface area contributed by atoms with Crippen molar-refractivity contribution < 1.29 is 14.3 Å². The van der Waals surface area contributed by atoms with E-state index in [2.05, 4.69) is 15.5 Å². The van der Waals surface area contributed by atoms with E-state index in [1.54, 1.807) is 23.3 Å². The van der Waals surface area contributed by atoms with Crippen LogP contribution in [0.2, 0.25) is 0 Å². The van der Waals surface area contributed by atoms with E-state index < -0.39 is 12.1 Å². The van der Waals surface area contributed by atoms with E-state index in [1.165, 1.54) is 0 Å². The number of hydrogen-bond donors (Lipinski definition) is 1. The molecule has 0 fully saturated rings. The number of hydrogen-bond acceptors (Lipinski definition) is 5.